The second-order valence-electron chi connectivity index (χ2n) is 5.05. The summed E-state index contributed by atoms with van der Waals surface area (Å²) in [4.78, 5) is 35.3. The molecule has 1 saturated heterocycles. The van der Waals surface area contributed by atoms with E-state index in [2.05, 4.69) is 0 Å². The maximum atomic E-state index is 12.1. The lowest BCUT2D eigenvalue weighted by atomic mass is 10.1. The number of nitrogens with zero attached hydrogens (tertiary/aromatic N) is 2. The number of carbonyl (C=O) groups is 3. The fourth-order valence-corrected chi connectivity index (χ4v) is 3.01. The summed E-state index contributed by atoms with van der Waals surface area (Å²) in [6.07, 6.45) is 1.40. The standard InChI is InChI=1S/C17H10N2O5S/c18-8-10-1-3-11(4-2-10)13-6-5-12(24-13)7-14-16(22)19(9-15(20)21)17(23)25-14/h1-7H,9H2,(H,20,21)/b14-7+. The predicted octanol–water partition coefficient (Wildman–Crippen LogP) is 2.94. The van der Waals surface area contributed by atoms with Gasteiger partial charge in [-0.3, -0.25) is 19.3 Å². The van der Waals surface area contributed by atoms with E-state index in [1.165, 1.54) is 6.08 Å². The van der Waals surface area contributed by atoms with Gasteiger partial charge < -0.3 is 9.52 Å². The minimum atomic E-state index is -1.26. The van der Waals surface area contributed by atoms with Crippen molar-refractivity contribution >= 4 is 35.0 Å². The average Bonchev–Trinajstić information content (AvgIpc) is 3.15. The zero-order valence-electron chi connectivity index (χ0n) is 12.6. The molecule has 2 aromatic rings. The van der Waals surface area contributed by atoms with Crippen LogP contribution in [0.1, 0.15) is 11.3 Å². The molecule has 2 amide bonds. The van der Waals surface area contributed by atoms with Crippen LogP contribution in [0.4, 0.5) is 4.79 Å². The number of carboxylic acid groups (broad SMARTS) is 1. The summed E-state index contributed by atoms with van der Waals surface area (Å²) in [6, 6.07) is 12.2. The van der Waals surface area contributed by atoms with Crippen molar-refractivity contribution in [2.75, 3.05) is 6.54 Å². The van der Waals surface area contributed by atoms with E-state index in [9.17, 15) is 14.4 Å². The van der Waals surface area contributed by atoms with Crippen LogP contribution < -0.4 is 0 Å². The third-order valence-electron chi connectivity index (χ3n) is 3.37. The second-order valence-corrected chi connectivity index (χ2v) is 6.05. The number of thioether (sulfide) groups is 1. The molecule has 0 radical (unpaired) electrons. The number of hydrogen-bond acceptors (Lipinski definition) is 6. The molecule has 25 heavy (non-hydrogen) atoms. The van der Waals surface area contributed by atoms with Gasteiger partial charge in [0.25, 0.3) is 11.1 Å². The number of hydrogen-bond donors (Lipinski definition) is 1. The lowest BCUT2D eigenvalue weighted by Gasteiger charge is -2.07. The first-order chi connectivity index (χ1) is 12.0. The van der Waals surface area contributed by atoms with Crippen molar-refractivity contribution in [2.24, 2.45) is 0 Å². The Kier molecular flexibility index (Phi) is 4.41. The van der Waals surface area contributed by atoms with E-state index < -0.39 is 23.7 Å². The molecule has 124 valence electrons. The van der Waals surface area contributed by atoms with Gasteiger partial charge >= 0.3 is 5.97 Å². The Morgan fingerprint density at radius 1 is 1.24 bits per heavy atom. The molecular weight excluding hydrogens is 344 g/mol. The van der Waals surface area contributed by atoms with E-state index in [0.717, 1.165) is 5.56 Å². The lowest BCUT2D eigenvalue weighted by Crippen LogP contribution is -2.33. The summed E-state index contributed by atoms with van der Waals surface area (Å²) in [5.74, 6) is -1.01. The fourth-order valence-electron chi connectivity index (χ4n) is 2.20. The summed E-state index contributed by atoms with van der Waals surface area (Å²) in [7, 11) is 0. The lowest BCUT2D eigenvalue weighted by molar-refractivity contribution is -0.140. The van der Waals surface area contributed by atoms with Crippen molar-refractivity contribution in [3.8, 4) is 17.4 Å². The maximum Gasteiger partial charge on any atom is 0.323 e. The van der Waals surface area contributed by atoms with Crippen LogP contribution in [-0.2, 0) is 9.59 Å². The summed E-state index contributed by atoms with van der Waals surface area (Å²) < 4.78 is 5.63. The molecule has 0 atom stereocenters. The van der Waals surface area contributed by atoms with Crippen LogP contribution in [0.25, 0.3) is 17.4 Å². The number of carboxylic acids is 1. The normalized spacial score (nSPS) is 15.6. The molecule has 0 spiro atoms. The molecule has 1 aromatic carbocycles. The van der Waals surface area contributed by atoms with Crippen LogP contribution >= 0.6 is 11.8 Å². The largest absolute Gasteiger partial charge is 0.480 e. The first kappa shape index (κ1) is 16.5. The topological polar surface area (TPSA) is 112 Å². The van der Waals surface area contributed by atoms with E-state index in [1.54, 1.807) is 36.4 Å². The number of benzene rings is 1. The molecule has 1 fully saturated rings. The molecular formula is C17H10N2O5S. The molecule has 2 heterocycles. The van der Waals surface area contributed by atoms with Crippen LogP contribution in [0.3, 0.4) is 0 Å². The van der Waals surface area contributed by atoms with Crippen molar-refractivity contribution < 1.29 is 23.9 Å². The van der Waals surface area contributed by atoms with Crippen LogP contribution in [0, 0.1) is 11.3 Å². The van der Waals surface area contributed by atoms with Gasteiger partial charge in [0.2, 0.25) is 0 Å². The summed E-state index contributed by atoms with van der Waals surface area (Å²) in [6.45, 7) is -0.670. The van der Waals surface area contributed by atoms with Crippen molar-refractivity contribution in [3.63, 3.8) is 0 Å². The Morgan fingerprint density at radius 3 is 2.60 bits per heavy atom. The Balaban J connectivity index is 1.82. The highest BCUT2D eigenvalue weighted by Crippen LogP contribution is 2.33. The van der Waals surface area contributed by atoms with Gasteiger partial charge in [0, 0.05) is 11.6 Å². The highest BCUT2D eigenvalue weighted by atomic mass is 32.2. The molecule has 0 aliphatic carbocycles. The van der Waals surface area contributed by atoms with Gasteiger partial charge in [-0.1, -0.05) is 0 Å². The van der Waals surface area contributed by atoms with E-state index in [-0.39, 0.29) is 4.91 Å². The number of imide groups is 1. The van der Waals surface area contributed by atoms with Crippen LogP contribution in [-0.4, -0.2) is 33.7 Å². The van der Waals surface area contributed by atoms with Crippen molar-refractivity contribution in [1.29, 1.82) is 5.26 Å². The van der Waals surface area contributed by atoms with Gasteiger partial charge in [0.05, 0.1) is 16.5 Å². The van der Waals surface area contributed by atoms with E-state index >= 15 is 0 Å². The SMILES string of the molecule is N#Cc1ccc(-c2ccc(/C=C3/SC(=O)N(CC(=O)O)C3=O)o2)cc1. The minimum Gasteiger partial charge on any atom is -0.480 e. The second kappa shape index (κ2) is 6.67. The maximum absolute atomic E-state index is 12.1. The van der Waals surface area contributed by atoms with Crippen LogP contribution in [0.15, 0.2) is 45.7 Å². The predicted molar refractivity (Wildman–Crippen MR) is 89.2 cm³/mol. The Morgan fingerprint density at radius 2 is 1.96 bits per heavy atom. The Bertz CT molecular complexity index is 937. The molecule has 3 rings (SSSR count). The van der Waals surface area contributed by atoms with Gasteiger partial charge in [0.1, 0.15) is 18.1 Å². The third-order valence-corrected chi connectivity index (χ3v) is 4.27. The summed E-state index contributed by atoms with van der Waals surface area (Å²) in [5, 5.41) is 16.9. The van der Waals surface area contributed by atoms with Crippen LogP contribution in [0.5, 0.6) is 0 Å². The molecule has 0 bridgehead atoms. The zero-order valence-corrected chi connectivity index (χ0v) is 13.4. The number of furan rings is 1. The summed E-state index contributed by atoms with van der Waals surface area (Å²) in [5.41, 5.74) is 1.29. The van der Waals surface area contributed by atoms with Crippen LogP contribution in [0.2, 0.25) is 0 Å². The Hall–Kier alpha value is -3.31. The highest BCUT2D eigenvalue weighted by molar-refractivity contribution is 8.18. The van der Waals surface area contributed by atoms with Crippen molar-refractivity contribution in [2.45, 2.75) is 0 Å². The molecule has 1 aromatic heterocycles. The smallest absolute Gasteiger partial charge is 0.323 e. The van der Waals surface area contributed by atoms with Crippen molar-refractivity contribution in [1.82, 2.24) is 4.90 Å². The molecule has 8 heteroatoms. The number of carbonyl (C=O) groups excluding carboxylic acids is 2. The molecule has 1 aliphatic heterocycles. The molecule has 1 aliphatic rings. The fraction of sp³-hybridized carbons (Fsp3) is 0.0588. The number of nitriles is 1. The third kappa shape index (κ3) is 3.46. The van der Waals surface area contributed by atoms with E-state index in [0.29, 0.717) is 33.7 Å². The summed E-state index contributed by atoms with van der Waals surface area (Å²) >= 11 is 0.668. The number of amides is 2. The average molecular weight is 354 g/mol. The first-order valence-corrected chi connectivity index (χ1v) is 7.87. The molecule has 0 unspecified atom stereocenters. The monoisotopic (exact) mass is 354 g/mol. The quantitative estimate of drug-likeness (QED) is 0.840. The van der Waals surface area contributed by atoms with Gasteiger partial charge in [-0.05, 0) is 48.2 Å². The van der Waals surface area contributed by atoms with Gasteiger partial charge in [-0.2, -0.15) is 5.26 Å². The van der Waals surface area contributed by atoms with E-state index in [4.69, 9.17) is 14.8 Å². The Labute approximate surface area is 146 Å². The van der Waals surface area contributed by atoms with Gasteiger partial charge in [-0.25, -0.2) is 0 Å². The van der Waals surface area contributed by atoms with E-state index in [1.807, 2.05) is 6.07 Å². The van der Waals surface area contributed by atoms with Gasteiger partial charge in [0.15, 0.2) is 0 Å². The first-order valence-electron chi connectivity index (χ1n) is 7.05. The van der Waals surface area contributed by atoms with Gasteiger partial charge in [-0.15, -0.1) is 0 Å². The number of aliphatic carboxylic acids is 1. The molecule has 1 N–H and O–H groups in total. The minimum absolute atomic E-state index is 0.104. The highest BCUT2D eigenvalue weighted by Gasteiger charge is 2.36. The molecule has 0 saturated carbocycles. The molecule has 7 nitrogen and oxygen atoms in total. The number of rotatable bonds is 4. The zero-order chi connectivity index (χ0) is 18.0. The van der Waals surface area contributed by atoms with Crippen molar-refractivity contribution in [3.05, 3.63) is 52.6 Å².